The number of rotatable bonds is 9. The lowest BCUT2D eigenvalue weighted by molar-refractivity contribution is -0.119. The largest absolute Gasteiger partial charge is 0.494 e. The fraction of sp³-hybridized carbons (Fsp3) is 0.323. The Labute approximate surface area is 288 Å². The van der Waals surface area contributed by atoms with Gasteiger partial charge in [-0.3, -0.25) is 19.0 Å². The maximum Gasteiger partial charge on any atom is 0.405 e. The standard InChI is InChI=1S/C31H32BrF3N10O3S/c1-17(2)45(49(5,46)47)28-22(7-6-21-27(28)37-10-9-36-21)40-29-20(32)15-38-30(42-29)41-23-12-18-19-14-39-43(3)24(19)8-11-44(16-31(33,34)35)25(18)13-26(23)48-4/h6-7,9-10,12-15,17H,8,11,16H2,1-5H3,(H2,38,40,41,42). The van der Waals surface area contributed by atoms with E-state index in [4.69, 9.17) is 4.74 Å². The van der Waals surface area contributed by atoms with Gasteiger partial charge in [0.15, 0.2) is 0 Å². The number of aromatic nitrogens is 6. The summed E-state index contributed by atoms with van der Waals surface area (Å²) in [4.78, 5) is 19.1. The molecule has 0 aliphatic carbocycles. The van der Waals surface area contributed by atoms with E-state index in [1.165, 1.54) is 34.9 Å². The molecular formula is C31H32BrF3N10O3S. The van der Waals surface area contributed by atoms with Gasteiger partial charge in [0.25, 0.3) is 0 Å². The average molecular weight is 762 g/mol. The first-order chi connectivity index (χ1) is 23.1. The number of ether oxygens (including phenoxy) is 1. The lowest BCUT2D eigenvalue weighted by Crippen LogP contribution is -2.36. The summed E-state index contributed by atoms with van der Waals surface area (Å²) in [5.74, 6) is 0.691. The molecule has 3 aromatic heterocycles. The number of hydrogen-bond donors (Lipinski definition) is 2. The van der Waals surface area contributed by atoms with Crippen molar-refractivity contribution in [1.82, 2.24) is 29.7 Å². The first-order valence-electron chi connectivity index (χ1n) is 15.0. The van der Waals surface area contributed by atoms with Gasteiger partial charge in [0.1, 0.15) is 29.3 Å². The highest BCUT2D eigenvalue weighted by atomic mass is 79.9. The molecule has 4 heterocycles. The Bertz CT molecular complexity index is 2160. The number of halogens is 4. The van der Waals surface area contributed by atoms with E-state index >= 15 is 0 Å². The van der Waals surface area contributed by atoms with Crippen LogP contribution in [-0.4, -0.2) is 76.8 Å². The van der Waals surface area contributed by atoms with Gasteiger partial charge in [-0.25, -0.2) is 13.4 Å². The van der Waals surface area contributed by atoms with Gasteiger partial charge in [-0.1, -0.05) is 0 Å². The number of sulfonamides is 1. The van der Waals surface area contributed by atoms with Gasteiger partial charge >= 0.3 is 6.18 Å². The van der Waals surface area contributed by atoms with Crippen molar-refractivity contribution in [2.75, 3.05) is 46.3 Å². The predicted molar refractivity (Wildman–Crippen MR) is 185 cm³/mol. The van der Waals surface area contributed by atoms with Crippen molar-refractivity contribution in [1.29, 1.82) is 0 Å². The van der Waals surface area contributed by atoms with Crippen LogP contribution in [0.4, 0.5) is 47.7 Å². The Kier molecular flexibility index (Phi) is 9.04. The summed E-state index contributed by atoms with van der Waals surface area (Å²) in [7, 11) is -0.567. The van der Waals surface area contributed by atoms with Gasteiger partial charge in [-0.05, 0) is 48.0 Å². The summed E-state index contributed by atoms with van der Waals surface area (Å²) in [5, 5.41) is 10.7. The van der Waals surface area contributed by atoms with Gasteiger partial charge in [-0.2, -0.15) is 23.3 Å². The average Bonchev–Trinajstić information content (AvgIpc) is 3.32. The van der Waals surface area contributed by atoms with Crippen molar-refractivity contribution in [3.05, 3.63) is 59.2 Å². The molecule has 0 bridgehead atoms. The Morgan fingerprint density at radius 3 is 2.51 bits per heavy atom. The molecule has 0 unspecified atom stereocenters. The minimum absolute atomic E-state index is 0.127. The molecule has 18 heteroatoms. The monoisotopic (exact) mass is 760 g/mol. The minimum atomic E-state index is -4.42. The number of benzene rings is 2. The second-order valence-electron chi connectivity index (χ2n) is 11.7. The molecule has 49 heavy (non-hydrogen) atoms. The number of hydrogen-bond acceptors (Lipinski definition) is 11. The number of fused-ring (bicyclic) bond motifs is 4. The van der Waals surface area contributed by atoms with Crippen LogP contribution in [-0.2, 0) is 23.5 Å². The molecule has 5 aromatic rings. The smallest absolute Gasteiger partial charge is 0.405 e. The molecule has 1 aliphatic heterocycles. The van der Waals surface area contributed by atoms with Crippen molar-refractivity contribution in [3.63, 3.8) is 0 Å². The Balaban J connectivity index is 1.42. The number of methoxy groups -OCH3 is 1. The summed E-state index contributed by atoms with van der Waals surface area (Å²) in [6, 6.07) is 6.23. The van der Waals surface area contributed by atoms with E-state index in [1.54, 1.807) is 56.0 Å². The molecule has 0 atom stereocenters. The first-order valence-corrected chi connectivity index (χ1v) is 17.6. The lowest BCUT2D eigenvalue weighted by Gasteiger charge is -2.29. The number of nitrogens with zero attached hydrogens (tertiary/aromatic N) is 8. The van der Waals surface area contributed by atoms with E-state index in [1.807, 2.05) is 0 Å². The lowest BCUT2D eigenvalue weighted by atomic mass is 10.0. The van der Waals surface area contributed by atoms with Gasteiger partial charge in [0.05, 0.1) is 40.9 Å². The maximum atomic E-state index is 13.7. The van der Waals surface area contributed by atoms with Crippen LogP contribution in [0.3, 0.4) is 0 Å². The van der Waals surface area contributed by atoms with Crippen molar-refractivity contribution >= 4 is 71.5 Å². The zero-order chi connectivity index (χ0) is 35.2. The molecule has 0 radical (unpaired) electrons. The van der Waals surface area contributed by atoms with Gasteiger partial charge in [0.2, 0.25) is 16.0 Å². The summed E-state index contributed by atoms with van der Waals surface area (Å²) in [6.45, 7) is 2.52. The van der Waals surface area contributed by atoms with E-state index in [2.05, 4.69) is 51.6 Å². The molecular weight excluding hydrogens is 729 g/mol. The van der Waals surface area contributed by atoms with Gasteiger partial charge < -0.3 is 20.3 Å². The highest BCUT2D eigenvalue weighted by Gasteiger charge is 2.34. The van der Waals surface area contributed by atoms with Crippen LogP contribution in [0.25, 0.3) is 22.2 Å². The first kappa shape index (κ1) is 34.2. The second-order valence-corrected chi connectivity index (χ2v) is 14.4. The molecule has 0 saturated carbocycles. The Hall–Kier alpha value is -4.71. The number of aryl methyl sites for hydroxylation is 1. The second kappa shape index (κ2) is 13.0. The normalized spacial score (nSPS) is 13.2. The summed E-state index contributed by atoms with van der Waals surface area (Å²) < 4.78 is 76.1. The van der Waals surface area contributed by atoms with Crippen molar-refractivity contribution < 1.29 is 26.3 Å². The molecule has 2 N–H and O–H groups in total. The SMILES string of the molecule is COc1cc2c(cc1Nc1ncc(Br)c(Nc3ccc4nccnc4c3N(C(C)C)S(C)(=O)=O)n1)-c1cnn(C)c1CCN2CC(F)(F)F. The van der Waals surface area contributed by atoms with Crippen LogP contribution in [0.15, 0.2) is 53.5 Å². The fourth-order valence-electron chi connectivity index (χ4n) is 5.96. The molecule has 0 fully saturated rings. The molecule has 258 valence electrons. The molecule has 0 saturated heterocycles. The van der Waals surface area contributed by atoms with Crippen molar-refractivity contribution in [2.24, 2.45) is 7.05 Å². The quantitative estimate of drug-likeness (QED) is 0.178. The molecule has 0 amide bonds. The topological polar surface area (TPSA) is 143 Å². The third-order valence-electron chi connectivity index (χ3n) is 7.90. The van der Waals surface area contributed by atoms with Crippen LogP contribution < -0.4 is 24.6 Å². The molecule has 13 nitrogen and oxygen atoms in total. The zero-order valence-corrected chi connectivity index (χ0v) is 29.4. The number of nitrogens with one attached hydrogen (secondary N) is 2. The van der Waals surface area contributed by atoms with Crippen LogP contribution in [0, 0.1) is 0 Å². The van der Waals surface area contributed by atoms with Crippen LogP contribution in [0.2, 0.25) is 0 Å². The molecule has 6 rings (SSSR count). The Morgan fingerprint density at radius 1 is 1.06 bits per heavy atom. The highest BCUT2D eigenvalue weighted by molar-refractivity contribution is 9.10. The highest BCUT2D eigenvalue weighted by Crippen LogP contribution is 2.44. The number of alkyl halides is 3. The predicted octanol–water partition coefficient (Wildman–Crippen LogP) is 6.18. The van der Waals surface area contributed by atoms with Crippen molar-refractivity contribution in [2.45, 2.75) is 32.5 Å². The van der Waals surface area contributed by atoms with E-state index < -0.39 is 28.8 Å². The van der Waals surface area contributed by atoms with E-state index in [0.717, 1.165) is 11.9 Å². The minimum Gasteiger partial charge on any atom is -0.494 e. The zero-order valence-electron chi connectivity index (χ0n) is 27.0. The third-order valence-corrected chi connectivity index (χ3v) is 9.80. The number of anilines is 6. The fourth-order valence-corrected chi connectivity index (χ4v) is 7.53. The molecule has 2 aromatic carbocycles. The molecule has 0 spiro atoms. The van der Waals surface area contributed by atoms with Crippen molar-refractivity contribution in [3.8, 4) is 16.9 Å². The summed E-state index contributed by atoms with van der Waals surface area (Å²) in [5.41, 5.74) is 4.39. The van der Waals surface area contributed by atoms with Gasteiger partial charge in [-0.15, -0.1) is 0 Å². The van der Waals surface area contributed by atoms with Crippen LogP contribution in [0.5, 0.6) is 5.75 Å². The van der Waals surface area contributed by atoms with E-state index in [9.17, 15) is 21.6 Å². The summed E-state index contributed by atoms with van der Waals surface area (Å²) in [6.07, 6.45) is 3.23. The van der Waals surface area contributed by atoms with E-state index in [0.29, 0.717) is 61.6 Å². The van der Waals surface area contributed by atoms with E-state index in [-0.39, 0.29) is 18.2 Å². The maximum absolute atomic E-state index is 13.7. The Morgan fingerprint density at radius 2 is 1.82 bits per heavy atom. The van der Waals surface area contributed by atoms with Crippen LogP contribution >= 0.6 is 15.9 Å². The van der Waals surface area contributed by atoms with Crippen LogP contribution in [0.1, 0.15) is 19.5 Å². The van der Waals surface area contributed by atoms with Gasteiger partial charge in [0, 0.05) is 73.2 Å². The third kappa shape index (κ3) is 6.92. The summed E-state index contributed by atoms with van der Waals surface area (Å²) >= 11 is 3.48. The molecule has 1 aliphatic rings.